The zero-order valence-corrected chi connectivity index (χ0v) is 8.75. The lowest BCUT2D eigenvalue weighted by atomic mass is 10.1. The molecule has 68 valence electrons. The summed E-state index contributed by atoms with van der Waals surface area (Å²) in [7, 11) is 1.92. The van der Waals surface area contributed by atoms with Gasteiger partial charge in [-0.2, -0.15) is 0 Å². The summed E-state index contributed by atoms with van der Waals surface area (Å²) in [6.45, 7) is 2.08. The SMILES string of the molecule is CN[C@H](C)c1ccccc1Cl.Cl. The molecule has 0 aliphatic rings. The highest BCUT2D eigenvalue weighted by Gasteiger charge is 2.04. The Kier molecular flexibility index (Phi) is 5.31. The van der Waals surface area contributed by atoms with E-state index >= 15 is 0 Å². The maximum atomic E-state index is 5.96. The fourth-order valence-electron chi connectivity index (χ4n) is 0.982. The molecule has 0 fully saturated rings. The lowest BCUT2D eigenvalue weighted by Gasteiger charge is -2.11. The van der Waals surface area contributed by atoms with Crippen LogP contribution in [0.4, 0.5) is 0 Å². The Bertz CT molecular complexity index is 238. The van der Waals surface area contributed by atoms with Crippen molar-refractivity contribution in [2.45, 2.75) is 13.0 Å². The minimum Gasteiger partial charge on any atom is -0.313 e. The molecule has 0 heterocycles. The van der Waals surface area contributed by atoms with Crippen LogP contribution in [0.3, 0.4) is 0 Å². The van der Waals surface area contributed by atoms with Crippen LogP contribution >= 0.6 is 24.0 Å². The molecule has 12 heavy (non-hydrogen) atoms. The van der Waals surface area contributed by atoms with Gasteiger partial charge in [0, 0.05) is 11.1 Å². The maximum Gasteiger partial charge on any atom is 0.0453 e. The molecule has 0 saturated heterocycles. The van der Waals surface area contributed by atoms with E-state index in [2.05, 4.69) is 12.2 Å². The highest BCUT2D eigenvalue weighted by molar-refractivity contribution is 6.31. The average Bonchev–Trinajstić information content (AvgIpc) is 2.04. The molecular weight excluding hydrogens is 193 g/mol. The number of benzene rings is 1. The molecule has 0 saturated carbocycles. The van der Waals surface area contributed by atoms with Gasteiger partial charge in [0.1, 0.15) is 0 Å². The molecule has 1 atom stereocenters. The fourth-order valence-corrected chi connectivity index (χ4v) is 1.28. The molecule has 1 N–H and O–H groups in total. The number of halogens is 2. The molecule has 0 aliphatic carbocycles. The molecule has 1 rings (SSSR count). The predicted molar refractivity (Wildman–Crippen MR) is 56.2 cm³/mol. The second kappa shape index (κ2) is 5.41. The molecule has 1 aromatic rings. The molecule has 0 radical (unpaired) electrons. The van der Waals surface area contributed by atoms with Crippen LogP contribution in [0.1, 0.15) is 18.5 Å². The van der Waals surface area contributed by atoms with E-state index in [1.54, 1.807) is 0 Å². The highest BCUT2D eigenvalue weighted by Crippen LogP contribution is 2.21. The van der Waals surface area contributed by atoms with E-state index in [0.29, 0.717) is 6.04 Å². The van der Waals surface area contributed by atoms with Gasteiger partial charge >= 0.3 is 0 Å². The Morgan fingerprint density at radius 2 is 1.92 bits per heavy atom. The van der Waals surface area contributed by atoms with Gasteiger partial charge in [-0.05, 0) is 25.6 Å². The summed E-state index contributed by atoms with van der Waals surface area (Å²) in [5, 5.41) is 3.97. The summed E-state index contributed by atoms with van der Waals surface area (Å²) < 4.78 is 0. The molecule has 0 aromatic heterocycles. The van der Waals surface area contributed by atoms with Crippen molar-refractivity contribution in [2.24, 2.45) is 0 Å². The lowest BCUT2D eigenvalue weighted by Crippen LogP contribution is -2.12. The lowest BCUT2D eigenvalue weighted by molar-refractivity contribution is 0.652. The summed E-state index contributed by atoms with van der Waals surface area (Å²) in [5.41, 5.74) is 1.15. The van der Waals surface area contributed by atoms with E-state index in [-0.39, 0.29) is 12.4 Å². The topological polar surface area (TPSA) is 12.0 Å². The van der Waals surface area contributed by atoms with Crippen molar-refractivity contribution in [1.29, 1.82) is 0 Å². The van der Waals surface area contributed by atoms with Gasteiger partial charge in [-0.15, -0.1) is 12.4 Å². The minimum absolute atomic E-state index is 0. The van der Waals surface area contributed by atoms with Gasteiger partial charge in [-0.25, -0.2) is 0 Å². The summed E-state index contributed by atoms with van der Waals surface area (Å²) in [6.07, 6.45) is 0. The van der Waals surface area contributed by atoms with Gasteiger partial charge in [0.25, 0.3) is 0 Å². The summed E-state index contributed by atoms with van der Waals surface area (Å²) in [6, 6.07) is 8.20. The molecule has 3 heteroatoms. The number of hydrogen-bond donors (Lipinski definition) is 1. The first-order valence-electron chi connectivity index (χ1n) is 3.67. The zero-order valence-electron chi connectivity index (χ0n) is 7.17. The third kappa shape index (κ3) is 2.67. The van der Waals surface area contributed by atoms with Crippen molar-refractivity contribution in [3.63, 3.8) is 0 Å². The van der Waals surface area contributed by atoms with Crippen LogP contribution in [-0.4, -0.2) is 7.05 Å². The minimum atomic E-state index is 0. The maximum absolute atomic E-state index is 5.96. The monoisotopic (exact) mass is 205 g/mol. The van der Waals surface area contributed by atoms with Gasteiger partial charge in [0.2, 0.25) is 0 Å². The Morgan fingerprint density at radius 1 is 1.33 bits per heavy atom. The molecule has 0 amide bonds. The molecule has 1 nitrogen and oxygen atoms in total. The molecular formula is C9H13Cl2N. The van der Waals surface area contributed by atoms with E-state index < -0.39 is 0 Å². The summed E-state index contributed by atoms with van der Waals surface area (Å²) in [4.78, 5) is 0. The van der Waals surface area contributed by atoms with Gasteiger partial charge < -0.3 is 5.32 Å². The first kappa shape index (κ1) is 11.8. The van der Waals surface area contributed by atoms with Crippen LogP contribution in [0.15, 0.2) is 24.3 Å². The second-order valence-electron chi connectivity index (χ2n) is 2.53. The first-order valence-corrected chi connectivity index (χ1v) is 4.05. The van der Waals surface area contributed by atoms with Crippen molar-refractivity contribution in [3.8, 4) is 0 Å². The van der Waals surface area contributed by atoms with Crippen molar-refractivity contribution in [2.75, 3.05) is 7.05 Å². The summed E-state index contributed by atoms with van der Waals surface area (Å²) >= 11 is 5.96. The number of hydrogen-bond acceptors (Lipinski definition) is 1. The van der Waals surface area contributed by atoms with Crippen LogP contribution in [0.25, 0.3) is 0 Å². The van der Waals surface area contributed by atoms with Crippen LogP contribution in [0.5, 0.6) is 0 Å². The van der Waals surface area contributed by atoms with Gasteiger partial charge in [-0.1, -0.05) is 29.8 Å². The molecule has 0 bridgehead atoms. The molecule has 0 spiro atoms. The second-order valence-corrected chi connectivity index (χ2v) is 2.94. The van der Waals surface area contributed by atoms with E-state index in [4.69, 9.17) is 11.6 Å². The van der Waals surface area contributed by atoms with Gasteiger partial charge in [0.15, 0.2) is 0 Å². The average molecular weight is 206 g/mol. The smallest absolute Gasteiger partial charge is 0.0453 e. The Labute approximate surface area is 84.5 Å². The van der Waals surface area contributed by atoms with Gasteiger partial charge in [0.05, 0.1) is 0 Å². The normalized spacial score (nSPS) is 11.9. The number of nitrogens with one attached hydrogen (secondary N) is 1. The van der Waals surface area contributed by atoms with E-state index in [0.717, 1.165) is 10.6 Å². The van der Waals surface area contributed by atoms with Crippen LogP contribution in [-0.2, 0) is 0 Å². The molecule has 0 unspecified atom stereocenters. The van der Waals surface area contributed by atoms with Crippen molar-refractivity contribution in [1.82, 2.24) is 5.32 Å². The van der Waals surface area contributed by atoms with Crippen LogP contribution < -0.4 is 5.32 Å². The van der Waals surface area contributed by atoms with Crippen molar-refractivity contribution in [3.05, 3.63) is 34.9 Å². The van der Waals surface area contributed by atoms with Crippen LogP contribution in [0, 0.1) is 0 Å². The predicted octanol–water partition coefficient (Wildman–Crippen LogP) is 3.04. The molecule has 1 aromatic carbocycles. The third-order valence-corrected chi connectivity index (χ3v) is 2.15. The van der Waals surface area contributed by atoms with Crippen molar-refractivity contribution >= 4 is 24.0 Å². The van der Waals surface area contributed by atoms with E-state index in [9.17, 15) is 0 Å². The van der Waals surface area contributed by atoms with Gasteiger partial charge in [-0.3, -0.25) is 0 Å². The van der Waals surface area contributed by atoms with E-state index in [1.165, 1.54) is 0 Å². The zero-order chi connectivity index (χ0) is 8.27. The standard InChI is InChI=1S/C9H12ClN.ClH/c1-7(11-2)8-5-3-4-6-9(8)10;/h3-7,11H,1-2H3;1H/t7-;/m1./s1. The fraction of sp³-hybridized carbons (Fsp3) is 0.333. The highest BCUT2D eigenvalue weighted by atomic mass is 35.5. The summed E-state index contributed by atoms with van der Waals surface area (Å²) in [5.74, 6) is 0. The number of rotatable bonds is 2. The van der Waals surface area contributed by atoms with Crippen molar-refractivity contribution < 1.29 is 0 Å². The Balaban J connectivity index is 0.00000121. The first-order chi connectivity index (χ1) is 5.25. The largest absolute Gasteiger partial charge is 0.313 e. The van der Waals surface area contributed by atoms with Crippen LogP contribution in [0.2, 0.25) is 5.02 Å². The molecule has 0 aliphatic heterocycles. The Hall–Kier alpha value is -0.240. The third-order valence-electron chi connectivity index (χ3n) is 1.80. The Morgan fingerprint density at radius 3 is 2.42 bits per heavy atom. The quantitative estimate of drug-likeness (QED) is 0.784. The van der Waals surface area contributed by atoms with E-state index in [1.807, 2.05) is 31.3 Å².